The van der Waals surface area contributed by atoms with Crippen LogP contribution in [-0.4, -0.2) is 52.9 Å². The second-order valence-corrected chi connectivity index (χ2v) is 5.07. The van der Waals surface area contributed by atoms with Crippen LogP contribution in [0.1, 0.15) is 29.8 Å². The van der Waals surface area contributed by atoms with Crippen molar-refractivity contribution in [3.05, 3.63) is 17.8 Å². The van der Waals surface area contributed by atoms with Crippen LogP contribution >= 0.6 is 0 Å². The van der Waals surface area contributed by atoms with E-state index in [0.29, 0.717) is 5.82 Å². The molecule has 0 amide bonds. The molecule has 0 bridgehead atoms. The fourth-order valence-corrected chi connectivity index (χ4v) is 2.30. The summed E-state index contributed by atoms with van der Waals surface area (Å²) in [4.78, 5) is 13.0. The molecule has 1 aliphatic heterocycles. The first-order valence-corrected chi connectivity index (χ1v) is 6.64. The number of likely N-dealkylation sites (tertiary alicyclic amines) is 1. The lowest BCUT2D eigenvalue weighted by Crippen LogP contribution is -2.30. The Bertz CT molecular complexity index is 413. The Kier molecular flexibility index (Phi) is 4.68. The quantitative estimate of drug-likeness (QED) is 0.835. The van der Waals surface area contributed by atoms with Crippen molar-refractivity contribution in [3.8, 4) is 0 Å². The number of hydrogen-bond acceptors (Lipinski definition) is 5. The van der Waals surface area contributed by atoms with Crippen LogP contribution in [-0.2, 0) is 0 Å². The largest absolute Gasteiger partial charge is 0.476 e. The van der Waals surface area contributed by atoms with E-state index in [4.69, 9.17) is 5.11 Å². The van der Waals surface area contributed by atoms with Crippen LogP contribution in [0.4, 0.5) is 5.82 Å². The van der Waals surface area contributed by atoms with Crippen molar-refractivity contribution in [2.24, 2.45) is 5.92 Å². The third kappa shape index (κ3) is 4.17. The van der Waals surface area contributed by atoms with Gasteiger partial charge in [-0.15, -0.1) is 10.2 Å². The summed E-state index contributed by atoms with van der Waals surface area (Å²) in [6.07, 6.45) is 3.62. The molecule has 2 N–H and O–H groups in total. The third-order valence-electron chi connectivity index (χ3n) is 3.58. The zero-order valence-corrected chi connectivity index (χ0v) is 11.2. The van der Waals surface area contributed by atoms with Crippen molar-refractivity contribution in [2.75, 3.05) is 32.0 Å². The van der Waals surface area contributed by atoms with Crippen LogP contribution in [0, 0.1) is 5.92 Å². The molecule has 0 saturated carbocycles. The predicted molar refractivity (Wildman–Crippen MR) is 72.3 cm³/mol. The summed E-state index contributed by atoms with van der Waals surface area (Å²) in [5.74, 6) is 0.359. The minimum Gasteiger partial charge on any atom is -0.476 e. The van der Waals surface area contributed by atoms with Gasteiger partial charge in [0.15, 0.2) is 5.69 Å². The fourth-order valence-electron chi connectivity index (χ4n) is 2.30. The van der Waals surface area contributed by atoms with Gasteiger partial charge in [0.2, 0.25) is 0 Å². The summed E-state index contributed by atoms with van der Waals surface area (Å²) >= 11 is 0. The molecule has 19 heavy (non-hydrogen) atoms. The van der Waals surface area contributed by atoms with Gasteiger partial charge in [-0.3, -0.25) is 0 Å². The second kappa shape index (κ2) is 6.47. The third-order valence-corrected chi connectivity index (χ3v) is 3.58. The van der Waals surface area contributed by atoms with Crippen LogP contribution in [0.15, 0.2) is 12.1 Å². The Morgan fingerprint density at radius 1 is 1.42 bits per heavy atom. The van der Waals surface area contributed by atoms with Crippen molar-refractivity contribution in [3.63, 3.8) is 0 Å². The highest BCUT2D eigenvalue weighted by molar-refractivity contribution is 5.85. The molecule has 0 aliphatic carbocycles. The zero-order chi connectivity index (χ0) is 13.7. The van der Waals surface area contributed by atoms with Crippen molar-refractivity contribution < 1.29 is 9.90 Å². The topological polar surface area (TPSA) is 78.4 Å². The molecule has 0 atom stereocenters. The highest BCUT2D eigenvalue weighted by Crippen LogP contribution is 2.19. The van der Waals surface area contributed by atoms with Gasteiger partial charge in [-0.05, 0) is 57.5 Å². The molecule has 2 rings (SSSR count). The lowest BCUT2D eigenvalue weighted by molar-refractivity contribution is 0.0689. The van der Waals surface area contributed by atoms with Gasteiger partial charge in [0.05, 0.1) is 0 Å². The maximum absolute atomic E-state index is 10.6. The molecule has 104 valence electrons. The van der Waals surface area contributed by atoms with Gasteiger partial charge in [0.1, 0.15) is 5.82 Å². The Labute approximate surface area is 112 Å². The minimum atomic E-state index is -1.05. The number of piperidine rings is 1. The van der Waals surface area contributed by atoms with E-state index in [1.165, 1.54) is 32.0 Å². The molecule has 0 aromatic carbocycles. The summed E-state index contributed by atoms with van der Waals surface area (Å²) in [6, 6.07) is 3.12. The first kappa shape index (κ1) is 13.7. The maximum Gasteiger partial charge on any atom is 0.356 e. The SMILES string of the molecule is CN1CCC(CCNc2ccc(C(=O)O)nn2)CC1. The van der Waals surface area contributed by atoms with Crippen molar-refractivity contribution in [1.29, 1.82) is 0 Å². The number of anilines is 1. The standard InChI is InChI=1S/C13H20N4O2/c1-17-8-5-10(6-9-17)4-7-14-12-3-2-11(13(18)19)15-16-12/h2-3,10H,4-9H2,1H3,(H,14,16)(H,18,19). The summed E-state index contributed by atoms with van der Waals surface area (Å²) < 4.78 is 0. The van der Waals surface area contributed by atoms with Gasteiger partial charge in [-0.2, -0.15) is 0 Å². The lowest BCUT2D eigenvalue weighted by Gasteiger charge is -2.28. The van der Waals surface area contributed by atoms with E-state index in [-0.39, 0.29) is 5.69 Å². The second-order valence-electron chi connectivity index (χ2n) is 5.07. The van der Waals surface area contributed by atoms with E-state index < -0.39 is 5.97 Å². The smallest absolute Gasteiger partial charge is 0.356 e. The Hall–Kier alpha value is -1.69. The van der Waals surface area contributed by atoms with Crippen LogP contribution in [0.25, 0.3) is 0 Å². The first-order chi connectivity index (χ1) is 9.15. The monoisotopic (exact) mass is 264 g/mol. The molecule has 0 unspecified atom stereocenters. The molecule has 0 radical (unpaired) electrons. The number of carboxylic acid groups (broad SMARTS) is 1. The highest BCUT2D eigenvalue weighted by atomic mass is 16.4. The number of rotatable bonds is 5. The van der Waals surface area contributed by atoms with Crippen molar-refractivity contribution >= 4 is 11.8 Å². The number of carboxylic acids is 1. The normalized spacial score (nSPS) is 17.3. The van der Waals surface area contributed by atoms with E-state index in [2.05, 4.69) is 27.5 Å². The Balaban J connectivity index is 1.72. The lowest BCUT2D eigenvalue weighted by atomic mass is 9.94. The van der Waals surface area contributed by atoms with E-state index >= 15 is 0 Å². The molecule has 2 heterocycles. The molecule has 6 heteroatoms. The number of nitrogens with zero attached hydrogens (tertiary/aromatic N) is 3. The van der Waals surface area contributed by atoms with Crippen molar-refractivity contribution in [1.82, 2.24) is 15.1 Å². The van der Waals surface area contributed by atoms with Crippen LogP contribution in [0.5, 0.6) is 0 Å². The van der Waals surface area contributed by atoms with Gasteiger partial charge in [0, 0.05) is 6.54 Å². The van der Waals surface area contributed by atoms with Crippen LogP contribution in [0.2, 0.25) is 0 Å². The average molecular weight is 264 g/mol. The number of aromatic nitrogens is 2. The molecule has 1 fully saturated rings. The van der Waals surface area contributed by atoms with E-state index in [1.807, 2.05) is 0 Å². The van der Waals surface area contributed by atoms with Gasteiger partial charge in [-0.25, -0.2) is 4.79 Å². The minimum absolute atomic E-state index is 0.0270. The molecule has 1 aromatic heterocycles. The molecule has 1 aromatic rings. The van der Waals surface area contributed by atoms with Gasteiger partial charge in [-0.1, -0.05) is 0 Å². The summed E-state index contributed by atoms with van der Waals surface area (Å²) in [6.45, 7) is 3.21. The summed E-state index contributed by atoms with van der Waals surface area (Å²) in [5.41, 5.74) is -0.0270. The van der Waals surface area contributed by atoms with Gasteiger partial charge >= 0.3 is 5.97 Å². The molecular weight excluding hydrogens is 244 g/mol. The molecule has 0 spiro atoms. The average Bonchev–Trinajstić information content (AvgIpc) is 2.41. The van der Waals surface area contributed by atoms with Gasteiger partial charge in [0.25, 0.3) is 0 Å². The number of nitrogens with one attached hydrogen (secondary N) is 1. The van der Waals surface area contributed by atoms with Gasteiger partial charge < -0.3 is 15.3 Å². The van der Waals surface area contributed by atoms with Crippen LogP contribution < -0.4 is 5.32 Å². The van der Waals surface area contributed by atoms with E-state index in [0.717, 1.165) is 18.9 Å². The fraction of sp³-hybridized carbons (Fsp3) is 0.615. The van der Waals surface area contributed by atoms with Crippen molar-refractivity contribution in [2.45, 2.75) is 19.3 Å². The van der Waals surface area contributed by atoms with E-state index in [9.17, 15) is 4.79 Å². The molecule has 1 saturated heterocycles. The predicted octanol–water partition coefficient (Wildman–Crippen LogP) is 1.32. The highest BCUT2D eigenvalue weighted by Gasteiger charge is 2.16. The first-order valence-electron chi connectivity index (χ1n) is 6.64. The Morgan fingerprint density at radius 2 is 2.16 bits per heavy atom. The zero-order valence-electron chi connectivity index (χ0n) is 11.2. The summed E-state index contributed by atoms with van der Waals surface area (Å²) in [5, 5.41) is 19.4. The number of carbonyl (C=O) groups is 1. The summed E-state index contributed by atoms with van der Waals surface area (Å²) in [7, 11) is 2.16. The number of hydrogen-bond donors (Lipinski definition) is 2. The van der Waals surface area contributed by atoms with E-state index in [1.54, 1.807) is 6.07 Å². The maximum atomic E-state index is 10.6. The molecular formula is C13H20N4O2. The molecule has 6 nitrogen and oxygen atoms in total. The van der Waals surface area contributed by atoms with Crippen LogP contribution in [0.3, 0.4) is 0 Å². The molecule has 1 aliphatic rings. The number of aromatic carboxylic acids is 1. The Morgan fingerprint density at radius 3 is 2.74 bits per heavy atom.